The molecule has 0 aliphatic rings. The second kappa shape index (κ2) is 13.7. The van der Waals surface area contributed by atoms with Crippen LogP contribution in [0.5, 0.6) is 11.5 Å². The number of methoxy groups -OCH3 is 1. The number of carbonyl (C=O) groups excluding carboxylic acids is 2. The van der Waals surface area contributed by atoms with Crippen LogP contribution in [-0.2, 0) is 26.2 Å². The van der Waals surface area contributed by atoms with Gasteiger partial charge in [-0.2, -0.15) is 0 Å². The average Bonchev–Trinajstić information content (AvgIpc) is 2.85. The van der Waals surface area contributed by atoms with Crippen molar-refractivity contribution in [3.63, 3.8) is 0 Å². The Morgan fingerprint density at radius 1 is 1.06 bits per heavy atom. The summed E-state index contributed by atoms with van der Waals surface area (Å²) in [6, 6.07) is 13.0. The molecule has 1 atom stereocenters. The highest BCUT2D eigenvalue weighted by molar-refractivity contribution is 7.92. The van der Waals surface area contributed by atoms with E-state index in [4.69, 9.17) is 9.47 Å². The summed E-state index contributed by atoms with van der Waals surface area (Å²) in [5.74, 6) is 0.203. The highest BCUT2D eigenvalue weighted by Gasteiger charge is 2.31. The Balaban J connectivity index is 2.39. The maximum Gasteiger partial charge on any atom is 0.244 e. The van der Waals surface area contributed by atoms with Crippen molar-refractivity contribution in [2.24, 2.45) is 0 Å². The lowest BCUT2D eigenvalue weighted by atomic mass is 10.1. The third kappa shape index (κ3) is 8.15. The van der Waals surface area contributed by atoms with Crippen molar-refractivity contribution >= 4 is 27.5 Å². The van der Waals surface area contributed by atoms with Gasteiger partial charge in [-0.3, -0.25) is 13.9 Å². The highest BCUT2D eigenvalue weighted by atomic mass is 32.2. The van der Waals surface area contributed by atoms with E-state index in [0.717, 1.165) is 29.0 Å². The van der Waals surface area contributed by atoms with E-state index in [1.165, 1.54) is 4.90 Å². The van der Waals surface area contributed by atoms with Crippen LogP contribution in [0.3, 0.4) is 0 Å². The third-order valence-electron chi connectivity index (χ3n) is 5.62. The van der Waals surface area contributed by atoms with Crippen LogP contribution in [0.2, 0.25) is 0 Å². The first-order chi connectivity index (χ1) is 17.1. The molecular weight excluding hydrogens is 482 g/mol. The van der Waals surface area contributed by atoms with Gasteiger partial charge in [0.25, 0.3) is 0 Å². The SMILES string of the molecule is CCCCNC(=O)[C@H](C)N(Cc1ccc(OC)cc1)C(=O)CN(c1ccccc1OCC)S(C)(=O)=O. The Labute approximate surface area is 214 Å². The van der Waals surface area contributed by atoms with E-state index in [2.05, 4.69) is 5.32 Å². The smallest absolute Gasteiger partial charge is 0.244 e. The topological polar surface area (TPSA) is 105 Å². The van der Waals surface area contributed by atoms with Crippen LogP contribution in [0.1, 0.15) is 39.2 Å². The van der Waals surface area contributed by atoms with Gasteiger partial charge in [-0.15, -0.1) is 0 Å². The maximum atomic E-state index is 13.6. The third-order valence-corrected chi connectivity index (χ3v) is 6.75. The first kappa shape index (κ1) is 29.0. The van der Waals surface area contributed by atoms with E-state index in [1.54, 1.807) is 69.5 Å². The first-order valence-electron chi connectivity index (χ1n) is 12.0. The number of carbonyl (C=O) groups is 2. The fraction of sp³-hybridized carbons (Fsp3) is 0.462. The Bertz CT molecular complexity index is 1100. The van der Waals surface area contributed by atoms with Crippen LogP contribution < -0.4 is 19.1 Å². The van der Waals surface area contributed by atoms with Crippen LogP contribution in [0, 0.1) is 0 Å². The molecule has 10 heteroatoms. The van der Waals surface area contributed by atoms with Gasteiger partial charge >= 0.3 is 0 Å². The number of sulfonamides is 1. The summed E-state index contributed by atoms with van der Waals surface area (Å²) in [6.45, 7) is 5.93. The van der Waals surface area contributed by atoms with Gasteiger partial charge in [0.15, 0.2) is 0 Å². The van der Waals surface area contributed by atoms with Gasteiger partial charge < -0.3 is 19.7 Å². The number of amides is 2. The van der Waals surface area contributed by atoms with Crippen molar-refractivity contribution in [1.29, 1.82) is 0 Å². The van der Waals surface area contributed by atoms with E-state index >= 15 is 0 Å². The van der Waals surface area contributed by atoms with Crippen molar-refractivity contribution in [2.75, 3.05) is 37.4 Å². The van der Waals surface area contributed by atoms with Gasteiger partial charge in [0.05, 0.1) is 25.7 Å². The summed E-state index contributed by atoms with van der Waals surface area (Å²) in [6.07, 6.45) is 2.78. The normalized spacial score (nSPS) is 11.9. The zero-order valence-corrected chi connectivity index (χ0v) is 22.5. The van der Waals surface area contributed by atoms with E-state index in [0.29, 0.717) is 24.7 Å². The lowest BCUT2D eigenvalue weighted by molar-refractivity contribution is -0.139. The minimum Gasteiger partial charge on any atom is -0.497 e. The Kier molecular flexibility index (Phi) is 11.0. The van der Waals surface area contributed by atoms with Crippen LogP contribution in [0.15, 0.2) is 48.5 Å². The predicted octanol–water partition coefficient (Wildman–Crippen LogP) is 3.19. The summed E-state index contributed by atoms with van der Waals surface area (Å²) >= 11 is 0. The largest absolute Gasteiger partial charge is 0.497 e. The standard InChI is InChI=1S/C26H37N3O6S/c1-6-8-17-27-26(31)20(3)28(18-21-13-15-22(34-4)16-14-21)25(30)19-29(36(5,32)33)23-11-9-10-12-24(23)35-7-2/h9-16,20H,6-8,17-19H2,1-5H3,(H,27,31)/t20-/m0/s1. The Hall–Kier alpha value is -3.27. The lowest BCUT2D eigenvalue weighted by Gasteiger charge is -2.32. The summed E-state index contributed by atoms with van der Waals surface area (Å²) in [5.41, 5.74) is 1.04. The number of nitrogens with one attached hydrogen (secondary N) is 1. The highest BCUT2D eigenvalue weighted by Crippen LogP contribution is 2.30. The molecule has 0 unspecified atom stereocenters. The molecule has 2 amide bonds. The minimum absolute atomic E-state index is 0.121. The van der Waals surface area contributed by atoms with Gasteiger partial charge in [0, 0.05) is 13.1 Å². The van der Waals surface area contributed by atoms with Crippen molar-refractivity contribution in [3.8, 4) is 11.5 Å². The molecule has 198 valence electrons. The molecule has 0 saturated heterocycles. The molecule has 0 spiro atoms. The van der Waals surface area contributed by atoms with E-state index in [-0.39, 0.29) is 18.1 Å². The van der Waals surface area contributed by atoms with Crippen LogP contribution >= 0.6 is 0 Å². The lowest BCUT2D eigenvalue weighted by Crippen LogP contribution is -2.51. The molecule has 2 aromatic rings. The molecule has 0 fully saturated rings. The van der Waals surface area contributed by atoms with Crippen molar-refractivity contribution in [3.05, 3.63) is 54.1 Å². The van der Waals surface area contributed by atoms with Crippen molar-refractivity contribution in [2.45, 2.75) is 46.2 Å². The quantitative estimate of drug-likeness (QED) is 0.385. The predicted molar refractivity (Wildman–Crippen MR) is 141 cm³/mol. The monoisotopic (exact) mass is 519 g/mol. The number of para-hydroxylation sites is 2. The Morgan fingerprint density at radius 2 is 1.72 bits per heavy atom. The molecule has 0 saturated carbocycles. The molecule has 2 aromatic carbocycles. The number of rotatable bonds is 14. The second-order valence-electron chi connectivity index (χ2n) is 8.36. The fourth-order valence-electron chi connectivity index (χ4n) is 3.58. The molecule has 1 N–H and O–H groups in total. The van der Waals surface area contributed by atoms with E-state index in [1.807, 2.05) is 6.92 Å². The van der Waals surface area contributed by atoms with Gasteiger partial charge in [-0.25, -0.2) is 8.42 Å². The van der Waals surface area contributed by atoms with E-state index < -0.39 is 28.5 Å². The second-order valence-corrected chi connectivity index (χ2v) is 10.3. The van der Waals surface area contributed by atoms with Crippen LogP contribution in [-0.4, -0.2) is 64.2 Å². The van der Waals surface area contributed by atoms with Crippen LogP contribution in [0.4, 0.5) is 5.69 Å². The molecule has 0 bridgehead atoms. The molecule has 0 aromatic heterocycles. The Morgan fingerprint density at radius 3 is 2.31 bits per heavy atom. The minimum atomic E-state index is -3.84. The molecule has 0 heterocycles. The zero-order chi connectivity index (χ0) is 26.7. The number of hydrogen-bond donors (Lipinski definition) is 1. The maximum absolute atomic E-state index is 13.6. The van der Waals surface area contributed by atoms with Gasteiger partial charge in [-0.1, -0.05) is 37.6 Å². The fourth-order valence-corrected chi connectivity index (χ4v) is 4.43. The average molecular weight is 520 g/mol. The van der Waals surface area contributed by atoms with E-state index in [9.17, 15) is 18.0 Å². The number of anilines is 1. The number of nitrogens with zero attached hydrogens (tertiary/aromatic N) is 2. The van der Waals surface area contributed by atoms with Crippen LogP contribution in [0.25, 0.3) is 0 Å². The number of unbranched alkanes of at least 4 members (excludes halogenated alkanes) is 1. The first-order valence-corrected chi connectivity index (χ1v) is 13.9. The molecule has 0 aliphatic carbocycles. The summed E-state index contributed by atoms with van der Waals surface area (Å²) in [5, 5.41) is 2.86. The zero-order valence-electron chi connectivity index (χ0n) is 21.7. The van der Waals surface area contributed by atoms with Gasteiger partial charge in [-0.05, 0) is 50.1 Å². The molecule has 0 aliphatic heterocycles. The summed E-state index contributed by atoms with van der Waals surface area (Å²) in [4.78, 5) is 27.9. The molecular formula is C26H37N3O6S. The molecule has 0 radical (unpaired) electrons. The molecule has 9 nitrogen and oxygen atoms in total. The number of benzene rings is 2. The number of ether oxygens (including phenoxy) is 2. The van der Waals surface area contributed by atoms with Crippen molar-refractivity contribution in [1.82, 2.24) is 10.2 Å². The molecule has 36 heavy (non-hydrogen) atoms. The van der Waals surface area contributed by atoms with Gasteiger partial charge in [0.2, 0.25) is 21.8 Å². The number of hydrogen-bond acceptors (Lipinski definition) is 6. The van der Waals surface area contributed by atoms with Crippen molar-refractivity contribution < 1.29 is 27.5 Å². The van der Waals surface area contributed by atoms with Gasteiger partial charge in [0.1, 0.15) is 24.1 Å². The summed E-state index contributed by atoms with van der Waals surface area (Å²) < 4.78 is 37.3. The summed E-state index contributed by atoms with van der Waals surface area (Å²) in [7, 11) is -2.28. The molecule has 2 rings (SSSR count).